The minimum absolute atomic E-state index is 0.0465. The number of ether oxygens (including phenoxy) is 2. The Kier molecular flexibility index (Phi) is 3.89. The lowest BCUT2D eigenvalue weighted by molar-refractivity contribution is 0.129. The Morgan fingerprint density at radius 1 is 1.05 bits per heavy atom. The zero-order valence-electron chi connectivity index (χ0n) is 12.1. The lowest BCUT2D eigenvalue weighted by Crippen LogP contribution is -2.04. The molecule has 0 N–H and O–H groups in total. The SMILES string of the molecule is C=COc1ccc2cc3c(cc2c1)C=CC(OCC)C=C3. The van der Waals surface area contributed by atoms with Gasteiger partial charge in [-0.3, -0.25) is 0 Å². The normalized spacial score (nSPS) is 16.5. The van der Waals surface area contributed by atoms with Crippen LogP contribution in [0.5, 0.6) is 5.75 Å². The summed E-state index contributed by atoms with van der Waals surface area (Å²) in [4.78, 5) is 0. The van der Waals surface area contributed by atoms with E-state index >= 15 is 0 Å². The largest absolute Gasteiger partial charge is 0.466 e. The van der Waals surface area contributed by atoms with Crippen LogP contribution in [-0.4, -0.2) is 12.7 Å². The topological polar surface area (TPSA) is 18.5 Å². The Hall–Kier alpha value is -2.32. The van der Waals surface area contributed by atoms with E-state index in [1.807, 2.05) is 19.1 Å². The van der Waals surface area contributed by atoms with E-state index in [1.54, 1.807) is 0 Å². The van der Waals surface area contributed by atoms with Crippen molar-refractivity contribution in [1.82, 2.24) is 0 Å². The van der Waals surface area contributed by atoms with Crippen LogP contribution in [-0.2, 0) is 4.74 Å². The molecule has 0 heterocycles. The Bertz CT molecular complexity index is 726. The van der Waals surface area contributed by atoms with Gasteiger partial charge in [0, 0.05) is 6.61 Å². The zero-order chi connectivity index (χ0) is 14.7. The molecule has 0 amide bonds. The summed E-state index contributed by atoms with van der Waals surface area (Å²) >= 11 is 0. The Morgan fingerprint density at radius 3 is 2.43 bits per heavy atom. The van der Waals surface area contributed by atoms with Crippen molar-refractivity contribution in [3.63, 3.8) is 0 Å². The molecule has 0 aromatic heterocycles. The number of rotatable bonds is 4. The fraction of sp³-hybridized carbons (Fsp3) is 0.158. The van der Waals surface area contributed by atoms with Crippen molar-refractivity contribution in [1.29, 1.82) is 0 Å². The molecular weight excluding hydrogens is 260 g/mol. The molecule has 0 spiro atoms. The van der Waals surface area contributed by atoms with Crippen LogP contribution >= 0.6 is 0 Å². The first-order valence-corrected chi connectivity index (χ1v) is 7.13. The summed E-state index contributed by atoms with van der Waals surface area (Å²) in [5, 5.41) is 2.35. The van der Waals surface area contributed by atoms with Crippen LogP contribution in [0, 0.1) is 0 Å². The molecule has 1 aliphatic carbocycles. The van der Waals surface area contributed by atoms with Crippen LogP contribution in [0.3, 0.4) is 0 Å². The van der Waals surface area contributed by atoms with Gasteiger partial charge >= 0.3 is 0 Å². The molecule has 0 aliphatic heterocycles. The van der Waals surface area contributed by atoms with E-state index in [1.165, 1.54) is 22.8 Å². The van der Waals surface area contributed by atoms with Gasteiger partial charge in [-0.2, -0.15) is 0 Å². The molecule has 0 saturated carbocycles. The fourth-order valence-corrected chi connectivity index (χ4v) is 2.53. The highest BCUT2D eigenvalue weighted by atomic mass is 16.5. The smallest absolute Gasteiger partial charge is 0.127 e. The first-order chi connectivity index (χ1) is 10.3. The van der Waals surface area contributed by atoms with Crippen LogP contribution < -0.4 is 4.74 Å². The van der Waals surface area contributed by atoms with E-state index in [2.05, 4.69) is 49.1 Å². The van der Waals surface area contributed by atoms with Crippen LogP contribution in [0.25, 0.3) is 22.9 Å². The molecule has 0 bridgehead atoms. The average molecular weight is 278 g/mol. The van der Waals surface area contributed by atoms with Crippen molar-refractivity contribution < 1.29 is 9.47 Å². The van der Waals surface area contributed by atoms with E-state index in [0.717, 1.165) is 11.1 Å². The standard InChI is InChI=1S/C19H18O2/c1-3-20-18-8-5-14-11-16-7-10-19(21-4-2)13-17(16)12-15(14)6-9-18/h4-13,18H,2-3H2,1H3. The number of hydrogen-bond donors (Lipinski definition) is 0. The summed E-state index contributed by atoms with van der Waals surface area (Å²) in [6.45, 7) is 6.31. The van der Waals surface area contributed by atoms with Crippen molar-refractivity contribution >= 4 is 22.9 Å². The molecule has 0 saturated heterocycles. The summed E-state index contributed by atoms with van der Waals surface area (Å²) in [7, 11) is 0. The second-order valence-electron chi connectivity index (χ2n) is 4.91. The molecule has 0 fully saturated rings. The Balaban J connectivity index is 2.04. The van der Waals surface area contributed by atoms with Gasteiger partial charge in [0.25, 0.3) is 0 Å². The third kappa shape index (κ3) is 2.91. The van der Waals surface area contributed by atoms with E-state index in [-0.39, 0.29) is 6.10 Å². The number of benzene rings is 2. The number of fused-ring (bicyclic) bond motifs is 2. The summed E-state index contributed by atoms with van der Waals surface area (Å²) in [5.74, 6) is 0.804. The Labute approximate surface area is 125 Å². The third-order valence-corrected chi connectivity index (χ3v) is 3.52. The van der Waals surface area contributed by atoms with Crippen LogP contribution in [0.1, 0.15) is 18.1 Å². The highest BCUT2D eigenvalue weighted by Crippen LogP contribution is 2.27. The molecule has 2 aromatic carbocycles. The zero-order valence-corrected chi connectivity index (χ0v) is 12.1. The van der Waals surface area contributed by atoms with Crippen LogP contribution in [0.2, 0.25) is 0 Å². The second-order valence-corrected chi connectivity index (χ2v) is 4.91. The summed E-state index contributed by atoms with van der Waals surface area (Å²) in [6, 6.07) is 10.4. The molecule has 1 atom stereocenters. The van der Waals surface area contributed by atoms with Crippen molar-refractivity contribution in [3.8, 4) is 5.75 Å². The van der Waals surface area contributed by atoms with Crippen molar-refractivity contribution in [2.24, 2.45) is 0 Å². The first-order valence-electron chi connectivity index (χ1n) is 7.13. The molecule has 3 rings (SSSR count). The predicted octanol–water partition coefficient (Wildman–Crippen LogP) is 4.81. The fourth-order valence-electron chi connectivity index (χ4n) is 2.53. The maximum atomic E-state index is 5.64. The van der Waals surface area contributed by atoms with Gasteiger partial charge in [0.05, 0.1) is 12.4 Å². The molecule has 2 aromatic rings. The van der Waals surface area contributed by atoms with Crippen molar-refractivity contribution in [2.75, 3.05) is 6.61 Å². The lowest BCUT2D eigenvalue weighted by Gasteiger charge is -2.06. The van der Waals surface area contributed by atoms with Crippen molar-refractivity contribution in [2.45, 2.75) is 13.0 Å². The van der Waals surface area contributed by atoms with Gasteiger partial charge < -0.3 is 9.47 Å². The molecule has 2 nitrogen and oxygen atoms in total. The van der Waals surface area contributed by atoms with E-state index in [4.69, 9.17) is 9.47 Å². The van der Waals surface area contributed by atoms with Gasteiger partial charge in [0.2, 0.25) is 0 Å². The molecule has 1 unspecified atom stereocenters. The highest BCUT2D eigenvalue weighted by Gasteiger charge is 2.07. The van der Waals surface area contributed by atoms with Gasteiger partial charge in [-0.05, 0) is 53.1 Å². The average Bonchev–Trinajstić information content (AvgIpc) is 2.68. The minimum atomic E-state index is 0.0465. The summed E-state index contributed by atoms with van der Waals surface area (Å²) in [6.07, 6.45) is 9.92. The first kappa shape index (κ1) is 13.7. The maximum Gasteiger partial charge on any atom is 0.127 e. The number of hydrogen-bond acceptors (Lipinski definition) is 2. The molecule has 1 aliphatic rings. The van der Waals surface area contributed by atoms with E-state index in [9.17, 15) is 0 Å². The Morgan fingerprint density at radius 2 is 1.76 bits per heavy atom. The molecular formula is C19H18O2. The van der Waals surface area contributed by atoms with Crippen LogP contribution in [0.15, 0.2) is 55.3 Å². The summed E-state index contributed by atoms with van der Waals surface area (Å²) < 4.78 is 11.0. The van der Waals surface area contributed by atoms with Gasteiger partial charge in [-0.15, -0.1) is 0 Å². The van der Waals surface area contributed by atoms with Crippen molar-refractivity contribution in [3.05, 3.63) is 66.5 Å². The van der Waals surface area contributed by atoms with E-state index in [0.29, 0.717) is 6.61 Å². The molecule has 0 radical (unpaired) electrons. The molecule has 106 valence electrons. The van der Waals surface area contributed by atoms with Gasteiger partial charge in [0.15, 0.2) is 0 Å². The lowest BCUT2D eigenvalue weighted by atomic mass is 10.0. The molecule has 2 heteroatoms. The van der Waals surface area contributed by atoms with Gasteiger partial charge in [-0.25, -0.2) is 0 Å². The van der Waals surface area contributed by atoms with Crippen LogP contribution in [0.4, 0.5) is 0 Å². The minimum Gasteiger partial charge on any atom is -0.466 e. The monoisotopic (exact) mass is 278 g/mol. The summed E-state index contributed by atoms with van der Waals surface area (Å²) in [5.41, 5.74) is 2.40. The third-order valence-electron chi connectivity index (χ3n) is 3.52. The predicted molar refractivity (Wildman–Crippen MR) is 88.3 cm³/mol. The maximum absolute atomic E-state index is 5.64. The molecule has 21 heavy (non-hydrogen) atoms. The van der Waals surface area contributed by atoms with Gasteiger partial charge in [-0.1, -0.05) is 36.9 Å². The van der Waals surface area contributed by atoms with Gasteiger partial charge in [0.1, 0.15) is 5.75 Å². The quantitative estimate of drug-likeness (QED) is 0.747. The second kappa shape index (κ2) is 5.98. The highest BCUT2D eigenvalue weighted by molar-refractivity contribution is 5.90. The van der Waals surface area contributed by atoms with E-state index < -0.39 is 0 Å².